The van der Waals surface area contributed by atoms with E-state index in [2.05, 4.69) is 9.84 Å². The van der Waals surface area contributed by atoms with Crippen molar-refractivity contribution in [2.45, 2.75) is 25.8 Å². The Bertz CT molecular complexity index is 517. The van der Waals surface area contributed by atoms with Crippen LogP contribution in [-0.2, 0) is 20.3 Å². The molecule has 104 valence electrons. The lowest BCUT2D eigenvalue weighted by Crippen LogP contribution is -2.29. The van der Waals surface area contributed by atoms with Gasteiger partial charge in [0.25, 0.3) is 0 Å². The van der Waals surface area contributed by atoms with E-state index in [0.29, 0.717) is 0 Å². The van der Waals surface area contributed by atoms with Crippen molar-refractivity contribution < 1.29 is 18.8 Å². The van der Waals surface area contributed by atoms with E-state index in [9.17, 15) is 14.3 Å². The van der Waals surface area contributed by atoms with Crippen LogP contribution in [0.25, 0.3) is 0 Å². The van der Waals surface area contributed by atoms with Crippen molar-refractivity contribution >= 4 is 13.5 Å². The monoisotopic (exact) mass is 283 g/mol. The molecule has 6 heteroatoms. The van der Waals surface area contributed by atoms with Gasteiger partial charge in [-0.2, -0.15) is 0 Å². The van der Waals surface area contributed by atoms with Crippen molar-refractivity contribution in [2.24, 2.45) is 0 Å². The number of hydrogen-bond donors (Lipinski definition) is 2. The first kappa shape index (κ1) is 14.3. The summed E-state index contributed by atoms with van der Waals surface area (Å²) in [6.45, 7) is 1.74. The minimum atomic E-state index is -3.80. The highest BCUT2D eigenvalue weighted by Gasteiger charge is 2.28. The van der Waals surface area contributed by atoms with E-state index in [0.717, 1.165) is 18.4 Å². The normalized spacial score (nSPS) is 20.6. The molecule has 2 N–H and O–H groups in total. The van der Waals surface area contributed by atoms with E-state index >= 15 is 0 Å². The van der Waals surface area contributed by atoms with Crippen LogP contribution < -0.4 is 5.32 Å². The maximum atomic E-state index is 11.8. The largest absolute Gasteiger partial charge is 0.349 e. The van der Waals surface area contributed by atoms with Crippen molar-refractivity contribution in [3.63, 3.8) is 0 Å². The van der Waals surface area contributed by atoms with Crippen molar-refractivity contribution in [3.8, 4) is 0 Å². The van der Waals surface area contributed by atoms with Gasteiger partial charge in [-0.25, -0.2) is 0 Å². The lowest BCUT2D eigenvalue weighted by atomic mass is 10.1. The van der Waals surface area contributed by atoms with E-state index in [1.165, 1.54) is 5.56 Å². The van der Waals surface area contributed by atoms with E-state index < -0.39 is 19.7 Å². The first-order chi connectivity index (χ1) is 9.02. The summed E-state index contributed by atoms with van der Waals surface area (Å²) in [5.41, 5.74) is 2.32. The minimum Gasteiger partial charge on any atom is -0.349 e. The fourth-order valence-electron chi connectivity index (χ4n) is 2.38. The molecule has 19 heavy (non-hydrogen) atoms. The maximum Gasteiger partial charge on any atom is 0.337 e. The third-order valence-corrected chi connectivity index (χ3v) is 4.49. The summed E-state index contributed by atoms with van der Waals surface area (Å²) in [7, 11) is -3.80. The van der Waals surface area contributed by atoms with Crippen LogP contribution in [0.3, 0.4) is 0 Å². The topological polar surface area (TPSA) is 75.6 Å². The lowest BCUT2D eigenvalue weighted by Gasteiger charge is -2.16. The molecule has 1 aliphatic carbocycles. The molecular formula is C13H18NO4P. The molecule has 0 aromatic heterocycles. The molecule has 2 unspecified atom stereocenters. The summed E-state index contributed by atoms with van der Waals surface area (Å²) >= 11 is 0. The van der Waals surface area contributed by atoms with Crippen LogP contribution in [0.4, 0.5) is 0 Å². The third-order valence-electron chi connectivity index (χ3n) is 3.14. The van der Waals surface area contributed by atoms with Gasteiger partial charge >= 0.3 is 7.60 Å². The van der Waals surface area contributed by atoms with Crippen LogP contribution in [0.2, 0.25) is 0 Å². The quantitative estimate of drug-likeness (QED) is 0.810. The van der Waals surface area contributed by atoms with Crippen molar-refractivity contribution in [2.75, 3.05) is 12.8 Å². The molecule has 0 aliphatic heterocycles. The van der Waals surface area contributed by atoms with Crippen LogP contribution in [0.5, 0.6) is 0 Å². The molecule has 1 aliphatic rings. The van der Waals surface area contributed by atoms with E-state index in [-0.39, 0.29) is 12.6 Å². The first-order valence-corrected chi connectivity index (χ1v) is 8.11. The average Bonchev–Trinajstić information content (AvgIpc) is 2.72. The van der Waals surface area contributed by atoms with Gasteiger partial charge in [-0.3, -0.25) is 9.36 Å². The zero-order valence-electron chi connectivity index (χ0n) is 10.8. The summed E-state index contributed by atoms with van der Waals surface area (Å²) in [5, 5.41) is 2.80. The van der Waals surface area contributed by atoms with Crippen LogP contribution in [-0.4, -0.2) is 23.6 Å². The smallest absolute Gasteiger partial charge is 0.337 e. The average molecular weight is 283 g/mol. The molecule has 1 aromatic carbocycles. The SMILES string of the molecule is CCOP(=O)(O)CC(=O)NC1CCc2ccccc21. The third kappa shape index (κ3) is 3.66. The molecule has 0 bridgehead atoms. The highest BCUT2D eigenvalue weighted by atomic mass is 31.2. The number of amides is 1. The predicted octanol–water partition coefficient (Wildman–Crippen LogP) is 2.01. The van der Waals surface area contributed by atoms with Crippen LogP contribution in [0.15, 0.2) is 24.3 Å². The molecule has 0 saturated heterocycles. The zero-order chi connectivity index (χ0) is 13.9. The molecule has 2 atom stereocenters. The van der Waals surface area contributed by atoms with Gasteiger partial charge in [-0.05, 0) is 30.9 Å². The van der Waals surface area contributed by atoms with Gasteiger partial charge in [-0.15, -0.1) is 0 Å². The number of carbonyl (C=O) groups is 1. The molecule has 1 aromatic rings. The highest BCUT2D eigenvalue weighted by Crippen LogP contribution is 2.41. The Labute approximate surface area is 112 Å². The van der Waals surface area contributed by atoms with Crippen molar-refractivity contribution in [3.05, 3.63) is 35.4 Å². The molecule has 0 heterocycles. The Morgan fingerprint density at radius 3 is 3.00 bits per heavy atom. The number of aryl methyl sites for hydroxylation is 1. The summed E-state index contributed by atoms with van der Waals surface area (Å²) in [4.78, 5) is 21.2. The second-order valence-corrected chi connectivity index (χ2v) is 6.42. The van der Waals surface area contributed by atoms with E-state index in [1.54, 1.807) is 6.92 Å². The Hall–Kier alpha value is -1.16. The standard InChI is InChI=1S/C13H18NO4P/c1-2-18-19(16,17)9-13(15)14-12-8-7-10-5-3-4-6-11(10)12/h3-6,12H,2,7-9H2,1H3,(H,14,15)(H,16,17). The maximum absolute atomic E-state index is 11.8. The first-order valence-electron chi connectivity index (χ1n) is 6.35. The van der Waals surface area contributed by atoms with E-state index in [1.807, 2.05) is 24.3 Å². The summed E-state index contributed by atoms with van der Waals surface area (Å²) in [6.07, 6.45) is 1.26. The van der Waals surface area contributed by atoms with Gasteiger partial charge < -0.3 is 14.7 Å². The second kappa shape index (κ2) is 5.87. The number of hydrogen-bond acceptors (Lipinski definition) is 3. The Morgan fingerprint density at radius 1 is 1.53 bits per heavy atom. The van der Waals surface area contributed by atoms with Gasteiger partial charge in [0.15, 0.2) is 0 Å². The summed E-state index contributed by atoms with van der Waals surface area (Å²) in [5.74, 6) is -0.444. The second-order valence-electron chi connectivity index (χ2n) is 4.57. The number of benzene rings is 1. The van der Waals surface area contributed by atoms with Crippen molar-refractivity contribution in [1.82, 2.24) is 5.32 Å². The molecule has 0 radical (unpaired) electrons. The predicted molar refractivity (Wildman–Crippen MR) is 72.0 cm³/mol. The fraction of sp³-hybridized carbons (Fsp3) is 0.462. The van der Waals surface area contributed by atoms with E-state index in [4.69, 9.17) is 0 Å². The zero-order valence-corrected chi connectivity index (χ0v) is 11.7. The summed E-state index contributed by atoms with van der Waals surface area (Å²) < 4.78 is 16.2. The lowest BCUT2D eigenvalue weighted by molar-refractivity contribution is -0.119. The number of nitrogens with one attached hydrogen (secondary N) is 1. The molecule has 0 fully saturated rings. The number of carbonyl (C=O) groups excluding carboxylic acids is 1. The molecule has 0 spiro atoms. The highest BCUT2D eigenvalue weighted by molar-refractivity contribution is 7.53. The molecule has 1 amide bonds. The molecular weight excluding hydrogens is 265 g/mol. The van der Waals surface area contributed by atoms with Crippen molar-refractivity contribution in [1.29, 1.82) is 0 Å². The summed E-state index contributed by atoms with van der Waals surface area (Å²) in [6, 6.07) is 7.86. The molecule has 5 nitrogen and oxygen atoms in total. The Balaban J connectivity index is 1.96. The van der Waals surface area contributed by atoms with Gasteiger partial charge in [0, 0.05) is 0 Å². The van der Waals surface area contributed by atoms with Gasteiger partial charge in [0.1, 0.15) is 6.16 Å². The Kier molecular flexibility index (Phi) is 4.40. The van der Waals surface area contributed by atoms with Crippen LogP contribution in [0, 0.1) is 0 Å². The van der Waals surface area contributed by atoms with Crippen LogP contribution in [0.1, 0.15) is 30.5 Å². The fourth-order valence-corrected chi connectivity index (χ4v) is 3.32. The molecule has 2 rings (SSSR count). The van der Waals surface area contributed by atoms with Gasteiger partial charge in [-0.1, -0.05) is 24.3 Å². The van der Waals surface area contributed by atoms with Crippen LogP contribution >= 0.6 is 7.60 Å². The Morgan fingerprint density at radius 2 is 2.26 bits per heavy atom. The van der Waals surface area contributed by atoms with Gasteiger partial charge in [0.05, 0.1) is 12.6 Å². The molecule has 0 saturated carbocycles. The number of rotatable bonds is 5. The number of fused-ring (bicyclic) bond motifs is 1. The van der Waals surface area contributed by atoms with Gasteiger partial charge in [0.2, 0.25) is 5.91 Å². The minimum absolute atomic E-state index is 0.0645.